The first-order valence-corrected chi connectivity index (χ1v) is 13.7. The molecule has 1 saturated heterocycles. The number of carbonyl (C=O) groups is 3. The number of ether oxygens (including phenoxy) is 2. The van der Waals surface area contributed by atoms with Gasteiger partial charge < -0.3 is 14.8 Å². The van der Waals surface area contributed by atoms with Gasteiger partial charge >= 0.3 is 0 Å². The number of anilines is 1. The number of amides is 3. The van der Waals surface area contributed by atoms with Crippen LogP contribution in [0.4, 0.5) is 10.5 Å². The van der Waals surface area contributed by atoms with Crippen molar-refractivity contribution >= 4 is 79.7 Å². The van der Waals surface area contributed by atoms with E-state index in [0.29, 0.717) is 50.5 Å². The number of carbonyl (C=O) groups excluding carboxylic acids is 3. The summed E-state index contributed by atoms with van der Waals surface area (Å²) >= 11 is 16.3. The van der Waals surface area contributed by atoms with E-state index in [1.54, 1.807) is 54.6 Å². The Morgan fingerprint density at radius 2 is 1.76 bits per heavy atom. The van der Waals surface area contributed by atoms with Gasteiger partial charge in [-0.1, -0.05) is 63.4 Å². The summed E-state index contributed by atoms with van der Waals surface area (Å²) in [5.74, 6) is -0.115. The molecule has 11 heteroatoms. The van der Waals surface area contributed by atoms with Gasteiger partial charge in [-0.05, 0) is 72.3 Å². The maximum Gasteiger partial charge on any atom is 0.294 e. The van der Waals surface area contributed by atoms with Gasteiger partial charge in [0, 0.05) is 9.50 Å². The third-order valence-electron chi connectivity index (χ3n) is 5.28. The molecule has 1 aliphatic rings. The largest absolute Gasteiger partial charge is 0.490 e. The third-order valence-corrected chi connectivity index (χ3v) is 7.46. The second-order valence-electron chi connectivity index (χ2n) is 7.96. The number of para-hydroxylation sites is 1. The highest BCUT2D eigenvalue weighted by molar-refractivity contribution is 9.10. The smallest absolute Gasteiger partial charge is 0.294 e. The molecule has 7 nitrogen and oxygen atoms in total. The summed E-state index contributed by atoms with van der Waals surface area (Å²) in [6.07, 6.45) is 1.58. The molecule has 0 bridgehead atoms. The number of nitrogens with one attached hydrogen (secondary N) is 1. The minimum absolute atomic E-state index is 0.179. The van der Waals surface area contributed by atoms with Crippen molar-refractivity contribution in [2.45, 2.75) is 13.5 Å². The van der Waals surface area contributed by atoms with Crippen LogP contribution in [0.25, 0.3) is 6.08 Å². The molecule has 3 aromatic carbocycles. The Hall–Kier alpha value is -2.98. The molecule has 3 amide bonds. The Morgan fingerprint density at radius 1 is 1.05 bits per heavy atom. The fraction of sp³-hybridized carbons (Fsp3) is 0.148. The summed E-state index contributed by atoms with van der Waals surface area (Å²) in [7, 11) is 0. The highest BCUT2D eigenvalue weighted by Gasteiger charge is 2.36. The van der Waals surface area contributed by atoms with Crippen LogP contribution in [0.5, 0.6) is 11.5 Å². The normalized spacial score (nSPS) is 14.2. The van der Waals surface area contributed by atoms with Gasteiger partial charge in [-0.3, -0.25) is 19.3 Å². The predicted molar refractivity (Wildman–Crippen MR) is 154 cm³/mol. The summed E-state index contributed by atoms with van der Waals surface area (Å²) in [6.45, 7) is 2.12. The Bertz CT molecular complexity index is 1420. The van der Waals surface area contributed by atoms with E-state index in [0.717, 1.165) is 22.2 Å². The lowest BCUT2D eigenvalue weighted by Crippen LogP contribution is -2.36. The Labute approximate surface area is 242 Å². The van der Waals surface area contributed by atoms with Crippen LogP contribution in [0, 0.1) is 0 Å². The molecule has 0 saturated carbocycles. The summed E-state index contributed by atoms with van der Waals surface area (Å²) in [5, 5.41) is 3.07. The molecule has 0 aliphatic carbocycles. The van der Waals surface area contributed by atoms with Crippen molar-refractivity contribution in [1.82, 2.24) is 4.90 Å². The maximum absolute atomic E-state index is 13.0. The van der Waals surface area contributed by atoms with E-state index in [4.69, 9.17) is 32.7 Å². The second-order valence-corrected chi connectivity index (χ2v) is 10.7. The van der Waals surface area contributed by atoms with Crippen molar-refractivity contribution in [3.63, 3.8) is 0 Å². The summed E-state index contributed by atoms with van der Waals surface area (Å²) < 4.78 is 12.4. The van der Waals surface area contributed by atoms with Crippen molar-refractivity contribution in [2.75, 3.05) is 18.5 Å². The molecule has 0 unspecified atom stereocenters. The number of imide groups is 1. The summed E-state index contributed by atoms with van der Waals surface area (Å²) in [4.78, 5) is 39.1. The SMILES string of the molecule is CCOc1cc(/C=C2/SC(=O)N(CC(=O)Nc3ccccc3Cl)C2=O)c(Br)cc1OCc1ccc(Cl)cc1. The van der Waals surface area contributed by atoms with Crippen molar-refractivity contribution in [2.24, 2.45) is 0 Å². The van der Waals surface area contributed by atoms with E-state index in [-0.39, 0.29) is 4.91 Å². The zero-order valence-electron chi connectivity index (χ0n) is 20.0. The minimum Gasteiger partial charge on any atom is -0.490 e. The lowest BCUT2D eigenvalue weighted by Gasteiger charge is -2.14. The van der Waals surface area contributed by atoms with Crippen LogP contribution in [0.15, 0.2) is 70.0 Å². The molecule has 0 atom stereocenters. The van der Waals surface area contributed by atoms with Gasteiger partial charge in [-0.15, -0.1) is 0 Å². The number of halogens is 3. The molecule has 0 radical (unpaired) electrons. The molecular formula is C27H21BrCl2N2O5S. The van der Waals surface area contributed by atoms with E-state index in [9.17, 15) is 14.4 Å². The summed E-state index contributed by atoms with van der Waals surface area (Å²) in [6, 6.07) is 17.5. The zero-order valence-corrected chi connectivity index (χ0v) is 23.9. The Kier molecular flexibility index (Phi) is 9.38. The van der Waals surface area contributed by atoms with Crippen molar-refractivity contribution in [3.05, 3.63) is 91.2 Å². The van der Waals surface area contributed by atoms with Gasteiger partial charge in [0.05, 0.1) is 22.2 Å². The first-order valence-electron chi connectivity index (χ1n) is 11.4. The fourth-order valence-corrected chi connectivity index (χ4v) is 5.03. The number of hydrogen-bond acceptors (Lipinski definition) is 6. The van der Waals surface area contributed by atoms with Gasteiger partial charge in [0.1, 0.15) is 13.2 Å². The van der Waals surface area contributed by atoms with Gasteiger partial charge in [-0.25, -0.2) is 0 Å². The standard InChI is InChI=1S/C27H21BrCl2N2O5S/c1-2-36-22-11-17(19(28)13-23(22)37-15-16-7-9-18(29)10-8-16)12-24-26(34)32(27(35)38-24)14-25(33)31-21-6-4-3-5-20(21)30/h3-13H,2,14-15H2,1H3,(H,31,33)/b24-12+. The van der Waals surface area contributed by atoms with Crippen molar-refractivity contribution < 1.29 is 23.9 Å². The van der Waals surface area contributed by atoms with Crippen LogP contribution < -0.4 is 14.8 Å². The number of benzene rings is 3. The minimum atomic E-state index is -0.567. The van der Waals surface area contributed by atoms with E-state index in [1.807, 2.05) is 19.1 Å². The molecule has 0 spiro atoms. The molecule has 1 aliphatic heterocycles. The van der Waals surface area contributed by atoms with Crippen LogP contribution in [0.1, 0.15) is 18.1 Å². The van der Waals surface area contributed by atoms with E-state index >= 15 is 0 Å². The lowest BCUT2D eigenvalue weighted by molar-refractivity contribution is -0.127. The van der Waals surface area contributed by atoms with Gasteiger partial charge in [0.25, 0.3) is 11.1 Å². The maximum atomic E-state index is 13.0. The molecular weight excluding hydrogens is 615 g/mol. The van der Waals surface area contributed by atoms with Crippen molar-refractivity contribution in [3.8, 4) is 11.5 Å². The first-order chi connectivity index (χ1) is 18.2. The Balaban J connectivity index is 1.49. The average molecular weight is 636 g/mol. The van der Waals surface area contributed by atoms with E-state index in [1.165, 1.54) is 0 Å². The third kappa shape index (κ3) is 6.91. The fourth-order valence-electron chi connectivity index (χ4n) is 3.46. The van der Waals surface area contributed by atoms with Gasteiger partial charge in [0.2, 0.25) is 5.91 Å². The van der Waals surface area contributed by atoms with Crippen molar-refractivity contribution in [1.29, 1.82) is 0 Å². The Morgan fingerprint density at radius 3 is 2.47 bits per heavy atom. The van der Waals surface area contributed by atoms with E-state index in [2.05, 4.69) is 21.2 Å². The van der Waals surface area contributed by atoms with Crippen LogP contribution in [-0.2, 0) is 16.2 Å². The van der Waals surface area contributed by atoms with Crippen LogP contribution in [0.2, 0.25) is 10.0 Å². The van der Waals surface area contributed by atoms with Gasteiger partial charge in [0.15, 0.2) is 11.5 Å². The molecule has 196 valence electrons. The molecule has 4 rings (SSSR count). The molecule has 38 heavy (non-hydrogen) atoms. The first kappa shape index (κ1) is 28.0. The monoisotopic (exact) mass is 634 g/mol. The molecule has 0 aromatic heterocycles. The highest BCUT2D eigenvalue weighted by Crippen LogP contribution is 2.38. The molecule has 1 N–H and O–H groups in total. The summed E-state index contributed by atoms with van der Waals surface area (Å²) in [5.41, 5.74) is 1.94. The second kappa shape index (κ2) is 12.7. The topological polar surface area (TPSA) is 84.9 Å². The molecule has 1 fully saturated rings. The van der Waals surface area contributed by atoms with Gasteiger partial charge in [-0.2, -0.15) is 0 Å². The zero-order chi connectivity index (χ0) is 27.2. The predicted octanol–water partition coefficient (Wildman–Crippen LogP) is 7.41. The quantitative estimate of drug-likeness (QED) is 0.247. The molecule has 1 heterocycles. The number of nitrogens with zero attached hydrogens (tertiary/aromatic N) is 1. The number of thioether (sulfide) groups is 1. The average Bonchev–Trinajstić information content (AvgIpc) is 3.14. The lowest BCUT2D eigenvalue weighted by atomic mass is 10.1. The number of hydrogen-bond donors (Lipinski definition) is 1. The van der Waals surface area contributed by atoms with E-state index < -0.39 is 23.6 Å². The van der Waals surface area contributed by atoms with Crippen LogP contribution in [-0.4, -0.2) is 35.1 Å². The number of rotatable bonds is 9. The van der Waals surface area contributed by atoms with Crippen LogP contribution >= 0.6 is 50.9 Å². The van der Waals surface area contributed by atoms with Crippen LogP contribution in [0.3, 0.4) is 0 Å². The molecule has 3 aromatic rings. The highest BCUT2D eigenvalue weighted by atomic mass is 79.9.